The summed E-state index contributed by atoms with van der Waals surface area (Å²) < 4.78 is 12.7. The topological polar surface area (TPSA) is 21.7 Å². The number of rotatable bonds is 0. The summed E-state index contributed by atoms with van der Waals surface area (Å²) in [6, 6.07) is 19.1. The fourth-order valence-electron chi connectivity index (χ4n) is 3.99. The predicted molar refractivity (Wildman–Crippen MR) is 119 cm³/mol. The van der Waals surface area contributed by atoms with Gasteiger partial charge in [-0.3, -0.25) is 4.90 Å². The minimum Gasteiger partial charge on any atom is -0.453 e. The number of ether oxygens (including phenoxy) is 2. The molecule has 0 amide bonds. The van der Waals surface area contributed by atoms with Gasteiger partial charge in [0.1, 0.15) is 5.69 Å². The van der Waals surface area contributed by atoms with Crippen LogP contribution < -0.4 is 14.4 Å². The van der Waals surface area contributed by atoms with E-state index in [0.29, 0.717) is 0 Å². The maximum absolute atomic E-state index is 6.33. The molecule has 0 spiro atoms. The van der Waals surface area contributed by atoms with Crippen LogP contribution in [0, 0.1) is 0 Å². The normalized spacial score (nSPS) is 14.3. The summed E-state index contributed by atoms with van der Waals surface area (Å²) in [6.07, 6.45) is 0. The van der Waals surface area contributed by atoms with E-state index in [-0.39, 0.29) is 10.8 Å². The van der Waals surface area contributed by atoms with E-state index in [9.17, 15) is 0 Å². The highest BCUT2D eigenvalue weighted by molar-refractivity contribution is 5.93. The van der Waals surface area contributed by atoms with E-state index in [0.717, 1.165) is 40.1 Å². The summed E-state index contributed by atoms with van der Waals surface area (Å²) in [5.74, 6) is 3.42. The van der Waals surface area contributed by atoms with Gasteiger partial charge in [0.2, 0.25) is 0 Å². The van der Waals surface area contributed by atoms with Crippen molar-refractivity contribution in [3.05, 3.63) is 65.7 Å². The van der Waals surface area contributed by atoms with Crippen LogP contribution in [0.15, 0.2) is 54.6 Å². The van der Waals surface area contributed by atoms with Crippen LogP contribution in [0.5, 0.6) is 23.0 Å². The molecule has 3 aromatic rings. The van der Waals surface area contributed by atoms with Gasteiger partial charge in [-0.1, -0.05) is 59.7 Å². The van der Waals surface area contributed by atoms with E-state index < -0.39 is 0 Å². The SMILES string of the molecule is CC(C)(C)c1ccc2c(c1)Oc1cccc3c1N2c1ccc(C(C)(C)C)cc1O3. The minimum absolute atomic E-state index is 0.0606. The number of anilines is 3. The largest absolute Gasteiger partial charge is 0.453 e. The van der Waals surface area contributed by atoms with E-state index in [1.807, 2.05) is 18.2 Å². The molecule has 2 heterocycles. The molecule has 148 valence electrons. The Bertz CT molecular complexity index is 1050. The van der Waals surface area contributed by atoms with Crippen molar-refractivity contribution in [2.75, 3.05) is 4.90 Å². The van der Waals surface area contributed by atoms with Gasteiger partial charge in [0, 0.05) is 0 Å². The number of para-hydroxylation sites is 1. The summed E-state index contributed by atoms with van der Waals surface area (Å²) in [4.78, 5) is 2.28. The first-order valence-corrected chi connectivity index (χ1v) is 10.2. The maximum atomic E-state index is 6.33. The molecule has 0 aliphatic carbocycles. The average Bonchev–Trinajstić information content (AvgIpc) is 2.65. The molecule has 2 aliphatic heterocycles. The van der Waals surface area contributed by atoms with Crippen LogP contribution in [0.2, 0.25) is 0 Å². The predicted octanol–water partition coefficient (Wildman–Crippen LogP) is 7.96. The van der Waals surface area contributed by atoms with Gasteiger partial charge in [0.25, 0.3) is 0 Å². The third-order valence-electron chi connectivity index (χ3n) is 5.76. The lowest BCUT2D eigenvalue weighted by molar-refractivity contribution is 0.443. The summed E-state index contributed by atoms with van der Waals surface area (Å²) >= 11 is 0. The molecule has 5 rings (SSSR count). The highest BCUT2D eigenvalue weighted by atomic mass is 16.5. The molecule has 2 aliphatic rings. The number of benzene rings is 3. The molecule has 3 aromatic carbocycles. The van der Waals surface area contributed by atoms with Crippen LogP contribution in [-0.2, 0) is 10.8 Å². The fourth-order valence-corrected chi connectivity index (χ4v) is 3.99. The second kappa shape index (κ2) is 5.79. The Morgan fingerprint density at radius 2 is 1.03 bits per heavy atom. The van der Waals surface area contributed by atoms with Crippen LogP contribution >= 0.6 is 0 Å². The summed E-state index contributed by atoms with van der Waals surface area (Å²) in [5.41, 5.74) is 5.70. The van der Waals surface area contributed by atoms with E-state index in [2.05, 4.69) is 82.8 Å². The van der Waals surface area contributed by atoms with Crippen molar-refractivity contribution in [2.24, 2.45) is 0 Å². The van der Waals surface area contributed by atoms with E-state index in [4.69, 9.17) is 9.47 Å². The van der Waals surface area contributed by atoms with Crippen LogP contribution in [-0.4, -0.2) is 0 Å². The van der Waals surface area contributed by atoms with Gasteiger partial charge in [-0.25, -0.2) is 0 Å². The molecule has 29 heavy (non-hydrogen) atoms. The Balaban J connectivity index is 1.73. The molecule has 0 bridgehead atoms. The Hall–Kier alpha value is -2.94. The number of hydrogen-bond acceptors (Lipinski definition) is 3. The van der Waals surface area contributed by atoms with Crippen LogP contribution in [0.25, 0.3) is 0 Å². The zero-order chi connectivity index (χ0) is 20.6. The average molecular weight is 386 g/mol. The molecule has 0 saturated heterocycles. The molecule has 0 N–H and O–H groups in total. The molecule has 3 nitrogen and oxygen atoms in total. The van der Waals surface area contributed by atoms with Crippen molar-refractivity contribution < 1.29 is 9.47 Å². The molecule has 3 heteroatoms. The highest BCUT2D eigenvalue weighted by Crippen LogP contribution is 2.60. The third kappa shape index (κ3) is 2.79. The van der Waals surface area contributed by atoms with Gasteiger partial charge in [-0.15, -0.1) is 0 Å². The zero-order valence-corrected chi connectivity index (χ0v) is 18.0. The Morgan fingerprint density at radius 3 is 1.45 bits per heavy atom. The lowest BCUT2D eigenvalue weighted by Gasteiger charge is -2.38. The Labute approximate surface area is 172 Å². The van der Waals surface area contributed by atoms with Crippen molar-refractivity contribution in [3.63, 3.8) is 0 Å². The maximum Gasteiger partial charge on any atom is 0.155 e. The molecule has 0 atom stereocenters. The lowest BCUT2D eigenvalue weighted by Crippen LogP contribution is -2.22. The molecule has 0 aromatic heterocycles. The Kier molecular flexibility index (Phi) is 3.62. The second-order valence-corrected chi connectivity index (χ2v) is 10.0. The summed E-state index contributed by atoms with van der Waals surface area (Å²) in [6.45, 7) is 13.3. The van der Waals surface area contributed by atoms with E-state index >= 15 is 0 Å². The number of fused-ring (bicyclic) bond motifs is 4. The van der Waals surface area contributed by atoms with Crippen molar-refractivity contribution >= 4 is 17.1 Å². The van der Waals surface area contributed by atoms with Crippen LogP contribution in [0.1, 0.15) is 52.7 Å². The van der Waals surface area contributed by atoms with Gasteiger partial charge >= 0.3 is 0 Å². The second-order valence-electron chi connectivity index (χ2n) is 10.0. The van der Waals surface area contributed by atoms with Crippen molar-refractivity contribution in [1.29, 1.82) is 0 Å². The Morgan fingerprint density at radius 1 is 0.586 bits per heavy atom. The first-order valence-electron chi connectivity index (χ1n) is 10.2. The van der Waals surface area contributed by atoms with Gasteiger partial charge in [0.05, 0.1) is 11.4 Å². The minimum atomic E-state index is 0.0606. The van der Waals surface area contributed by atoms with E-state index in [1.54, 1.807) is 0 Å². The highest BCUT2D eigenvalue weighted by Gasteiger charge is 2.35. The quantitative estimate of drug-likeness (QED) is 0.270. The zero-order valence-electron chi connectivity index (χ0n) is 18.0. The van der Waals surface area contributed by atoms with Crippen LogP contribution in [0.4, 0.5) is 17.1 Å². The molecule has 0 saturated carbocycles. The van der Waals surface area contributed by atoms with Gasteiger partial charge in [-0.2, -0.15) is 0 Å². The molecule has 0 radical (unpaired) electrons. The number of nitrogens with zero attached hydrogens (tertiary/aromatic N) is 1. The van der Waals surface area contributed by atoms with Crippen LogP contribution in [0.3, 0.4) is 0 Å². The molecule has 0 fully saturated rings. The molecular weight excluding hydrogens is 358 g/mol. The van der Waals surface area contributed by atoms with Gasteiger partial charge < -0.3 is 9.47 Å². The first kappa shape index (κ1) is 18.1. The molecule has 0 unspecified atom stereocenters. The fraction of sp³-hybridized carbons (Fsp3) is 0.308. The van der Waals surface area contributed by atoms with Crippen molar-refractivity contribution in [2.45, 2.75) is 52.4 Å². The van der Waals surface area contributed by atoms with Crippen molar-refractivity contribution in [3.8, 4) is 23.0 Å². The van der Waals surface area contributed by atoms with Gasteiger partial charge in [0.15, 0.2) is 23.0 Å². The monoisotopic (exact) mass is 385 g/mol. The molecular formula is C26H27NO2. The summed E-state index contributed by atoms with van der Waals surface area (Å²) in [5, 5.41) is 0. The third-order valence-corrected chi connectivity index (χ3v) is 5.76. The first-order chi connectivity index (χ1) is 13.6. The van der Waals surface area contributed by atoms with Gasteiger partial charge in [-0.05, 0) is 58.4 Å². The smallest absolute Gasteiger partial charge is 0.155 e. The van der Waals surface area contributed by atoms with Crippen molar-refractivity contribution in [1.82, 2.24) is 0 Å². The standard InChI is InChI=1S/C26H27NO2/c1-25(2,3)16-10-12-18-22(14-16)28-20-8-7-9-21-24(20)27(18)19-13-11-17(26(4,5)6)15-23(19)29-21/h7-15H,1-6H3. The number of hydrogen-bond donors (Lipinski definition) is 0. The summed E-state index contributed by atoms with van der Waals surface area (Å²) in [7, 11) is 0. The lowest BCUT2D eigenvalue weighted by atomic mass is 9.86. The van der Waals surface area contributed by atoms with E-state index in [1.165, 1.54) is 11.1 Å².